The minimum Gasteiger partial charge on any atom is -0.456 e. The maximum atomic E-state index is 6.64. The number of para-hydroxylation sites is 3. The predicted octanol–water partition coefficient (Wildman–Crippen LogP) is 16.7. The minimum atomic E-state index is 0.240. The molecule has 10 aromatic rings. The van der Waals surface area contributed by atoms with E-state index in [0.717, 1.165) is 83.5 Å². The van der Waals surface area contributed by atoms with Gasteiger partial charge in [-0.2, -0.15) is 0 Å². The number of benzene rings is 7. The Morgan fingerprint density at radius 1 is 0.419 bits per heavy atom. The highest BCUT2D eigenvalue weighted by atomic mass is 16.3. The lowest BCUT2D eigenvalue weighted by Gasteiger charge is -2.36. The van der Waals surface area contributed by atoms with Gasteiger partial charge in [-0.15, -0.1) is 0 Å². The molecule has 1 atom stereocenters. The summed E-state index contributed by atoms with van der Waals surface area (Å²) in [5, 5.41) is 8.89. The zero-order chi connectivity index (χ0) is 41.9. The summed E-state index contributed by atoms with van der Waals surface area (Å²) >= 11 is 0. The molecule has 1 unspecified atom stereocenters. The first-order valence-electron chi connectivity index (χ1n) is 21.5. The molecule has 62 heavy (non-hydrogen) atoms. The van der Waals surface area contributed by atoms with E-state index in [0.29, 0.717) is 0 Å². The Labute approximate surface area is 361 Å². The lowest BCUT2D eigenvalue weighted by atomic mass is 9.96. The maximum absolute atomic E-state index is 6.64. The van der Waals surface area contributed by atoms with Gasteiger partial charge in [-0.05, 0) is 151 Å². The molecule has 4 heteroatoms. The Kier molecular flexibility index (Phi) is 9.16. The summed E-state index contributed by atoms with van der Waals surface area (Å²) in [6.07, 6.45) is 7.64. The van der Waals surface area contributed by atoms with Crippen LogP contribution in [0.15, 0.2) is 202 Å². The summed E-state index contributed by atoms with van der Waals surface area (Å²) in [4.78, 5) is 4.86. The van der Waals surface area contributed by atoms with Crippen LogP contribution >= 0.6 is 0 Å². The lowest BCUT2D eigenvalue weighted by Crippen LogP contribution is -2.33. The number of fused-ring (bicyclic) bond motifs is 8. The molecule has 0 saturated heterocycles. The van der Waals surface area contributed by atoms with Crippen molar-refractivity contribution < 1.29 is 8.83 Å². The number of nitrogens with zero attached hydrogens (tertiary/aromatic N) is 2. The van der Waals surface area contributed by atoms with E-state index in [-0.39, 0.29) is 6.04 Å². The molecule has 2 aromatic heterocycles. The molecule has 2 heterocycles. The van der Waals surface area contributed by atoms with E-state index < -0.39 is 0 Å². The van der Waals surface area contributed by atoms with E-state index in [1.54, 1.807) is 0 Å². The number of hydrogen-bond acceptors (Lipinski definition) is 4. The molecule has 0 fully saturated rings. The second-order valence-corrected chi connectivity index (χ2v) is 16.7. The quantitative estimate of drug-likeness (QED) is 0.168. The van der Waals surface area contributed by atoms with Gasteiger partial charge in [-0.1, -0.05) is 115 Å². The van der Waals surface area contributed by atoms with Gasteiger partial charge in [0.25, 0.3) is 0 Å². The number of hydrogen-bond donors (Lipinski definition) is 0. The molecule has 1 aliphatic rings. The molecule has 0 amide bonds. The van der Waals surface area contributed by atoms with Crippen LogP contribution in [0, 0.1) is 20.8 Å². The first-order valence-corrected chi connectivity index (χ1v) is 21.5. The Bertz CT molecular complexity index is 3480. The fourth-order valence-electron chi connectivity index (χ4n) is 9.46. The van der Waals surface area contributed by atoms with Gasteiger partial charge in [-0.3, -0.25) is 0 Å². The molecule has 0 radical (unpaired) electrons. The monoisotopic (exact) mass is 802 g/mol. The third-order valence-electron chi connectivity index (χ3n) is 12.7. The van der Waals surface area contributed by atoms with Crippen LogP contribution in [-0.2, 0) is 0 Å². The second-order valence-electron chi connectivity index (χ2n) is 16.7. The molecule has 0 saturated carbocycles. The molecular formula is C58H46N2O2. The van der Waals surface area contributed by atoms with Gasteiger partial charge < -0.3 is 18.6 Å². The van der Waals surface area contributed by atoms with Gasteiger partial charge in [0.15, 0.2) is 0 Å². The van der Waals surface area contributed by atoms with Crippen molar-refractivity contribution >= 4 is 93.9 Å². The zero-order valence-electron chi connectivity index (χ0n) is 35.4. The normalized spacial score (nSPS) is 13.9. The molecule has 0 bridgehead atoms. The predicted molar refractivity (Wildman–Crippen MR) is 262 cm³/mol. The van der Waals surface area contributed by atoms with Gasteiger partial charge in [0.2, 0.25) is 0 Å². The Hall–Kier alpha value is -7.56. The Morgan fingerprint density at radius 2 is 0.919 bits per heavy atom. The summed E-state index contributed by atoms with van der Waals surface area (Å²) in [6, 6.07) is 61.2. The van der Waals surface area contributed by atoms with Crippen molar-refractivity contribution in [3.8, 4) is 0 Å². The standard InChI is InChI=1S/C58H46N2O2/c1-37-15-5-9-21-51(37)59(52-22-10-6-16-38(52)2)45-29-27-41-33-49-47-19-13-20-48-50-34-42-28-30-46(60(53-23-11-7-17-39(53)3)54-24-12-8-18-40(54)4)32-44(42)36-58(50)62-56(48)26-14-25-55(47)61-57(49)35-43(41)31-45/h5-23,25-36,54H,24H2,1-4H3. The summed E-state index contributed by atoms with van der Waals surface area (Å²) < 4.78 is 13.3. The first-order chi connectivity index (χ1) is 30.4. The molecular weight excluding hydrogens is 757 g/mol. The minimum absolute atomic E-state index is 0.240. The molecule has 300 valence electrons. The van der Waals surface area contributed by atoms with E-state index in [1.807, 2.05) is 6.07 Å². The van der Waals surface area contributed by atoms with Crippen LogP contribution in [0.25, 0.3) is 65.4 Å². The van der Waals surface area contributed by atoms with Crippen LogP contribution in [0.2, 0.25) is 0 Å². The molecule has 4 nitrogen and oxygen atoms in total. The highest BCUT2D eigenvalue weighted by Gasteiger charge is 2.24. The van der Waals surface area contributed by atoms with E-state index >= 15 is 0 Å². The van der Waals surface area contributed by atoms with Crippen LogP contribution in [0.4, 0.5) is 28.4 Å². The van der Waals surface area contributed by atoms with E-state index in [2.05, 4.69) is 220 Å². The van der Waals surface area contributed by atoms with Crippen molar-refractivity contribution in [2.24, 2.45) is 0 Å². The molecule has 8 aromatic carbocycles. The largest absolute Gasteiger partial charge is 0.456 e. The number of furan rings is 2. The van der Waals surface area contributed by atoms with Crippen LogP contribution in [0.5, 0.6) is 0 Å². The van der Waals surface area contributed by atoms with Crippen molar-refractivity contribution in [3.05, 3.63) is 210 Å². The fraction of sp³-hybridized carbons (Fsp3) is 0.103. The van der Waals surface area contributed by atoms with Gasteiger partial charge in [0.1, 0.15) is 22.3 Å². The molecule has 11 rings (SSSR count). The van der Waals surface area contributed by atoms with Gasteiger partial charge in [0, 0.05) is 50.0 Å². The SMILES string of the molecule is CC1=CC=CCC1N(c1ccc2cc3c(cc2c1)oc1cccc2oc4cc5cc(N(c6ccccc6C)c6ccccc6C)ccc5cc4c2cccc13)c1ccccc1C. The number of aryl methyl sites for hydroxylation is 3. The fourth-order valence-corrected chi connectivity index (χ4v) is 9.46. The summed E-state index contributed by atoms with van der Waals surface area (Å²) in [7, 11) is 0. The zero-order valence-corrected chi connectivity index (χ0v) is 35.4. The van der Waals surface area contributed by atoms with E-state index in [9.17, 15) is 0 Å². The maximum Gasteiger partial charge on any atom is 0.136 e. The number of rotatable bonds is 6. The highest BCUT2D eigenvalue weighted by molar-refractivity contribution is 6.12. The van der Waals surface area contributed by atoms with Crippen LogP contribution < -0.4 is 9.80 Å². The van der Waals surface area contributed by atoms with Crippen molar-refractivity contribution in [3.63, 3.8) is 0 Å². The molecule has 0 N–H and O–H groups in total. The molecule has 0 aliphatic heterocycles. The molecule has 0 spiro atoms. The summed E-state index contributed by atoms with van der Waals surface area (Å²) in [5.74, 6) is 0. The van der Waals surface area contributed by atoms with Crippen LogP contribution in [-0.4, -0.2) is 6.04 Å². The highest BCUT2D eigenvalue weighted by Crippen LogP contribution is 2.42. The van der Waals surface area contributed by atoms with E-state index in [4.69, 9.17) is 8.83 Å². The third kappa shape index (κ3) is 6.47. The van der Waals surface area contributed by atoms with Gasteiger partial charge in [0.05, 0.1) is 6.04 Å². The van der Waals surface area contributed by atoms with Crippen LogP contribution in [0.3, 0.4) is 0 Å². The third-order valence-corrected chi connectivity index (χ3v) is 12.7. The average Bonchev–Trinajstić information content (AvgIpc) is 3.80. The second kappa shape index (κ2) is 15.2. The lowest BCUT2D eigenvalue weighted by molar-refractivity contribution is 0.668. The van der Waals surface area contributed by atoms with Crippen molar-refractivity contribution in [2.75, 3.05) is 9.80 Å². The van der Waals surface area contributed by atoms with Gasteiger partial charge >= 0.3 is 0 Å². The average molecular weight is 803 g/mol. The Balaban J connectivity index is 0.994. The van der Waals surface area contributed by atoms with Gasteiger partial charge in [-0.25, -0.2) is 0 Å². The van der Waals surface area contributed by atoms with Crippen molar-refractivity contribution in [1.82, 2.24) is 0 Å². The summed E-state index contributed by atoms with van der Waals surface area (Å²) in [5.41, 5.74) is 14.2. The summed E-state index contributed by atoms with van der Waals surface area (Å²) in [6.45, 7) is 8.78. The van der Waals surface area contributed by atoms with Crippen LogP contribution in [0.1, 0.15) is 30.0 Å². The van der Waals surface area contributed by atoms with E-state index in [1.165, 1.54) is 39.0 Å². The Morgan fingerprint density at radius 3 is 1.47 bits per heavy atom. The number of anilines is 5. The van der Waals surface area contributed by atoms with Crippen molar-refractivity contribution in [1.29, 1.82) is 0 Å². The first kappa shape index (κ1) is 37.4. The van der Waals surface area contributed by atoms with Crippen molar-refractivity contribution in [2.45, 2.75) is 40.2 Å². The number of allylic oxidation sites excluding steroid dienone is 2. The topological polar surface area (TPSA) is 32.8 Å². The smallest absolute Gasteiger partial charge is 0.136 e. The molecule has 1 aliphatic carbocycles.